The molecule has 1 aliphatic rings. The topological polar surface area (TPSA) is 12.0 Å². The SMILES string of the molecule is Cc1cccc(CCC(C)NC2CCCc3sccc32)c1. The number of nitrogens with one attached hydrogen (secondary N) is 1. The number of hydrogen-bond donors (Lipinski definition) is 1. The smallest absolute Gasteiger partial charge is 0.0333 e. The Labute approximate surface area is 132 Å². The van der Waals surface area contributed by atoms with Crippen LogP contribution in [0.3, 0.4) is 0 Å². The first-order valence-corrected chi connectivity index (χ1v) is 8.98. The van der Waals surface area contributed by atoms with Crippen LogP contribution in [-0.2, 0) is 12.8 Å². The molecular weight excluding hydrogens is 274 g/mol. The minimum atomic E-state index is 0.571. The van der Waals surface area contributed by atoms with E-state index in [0.717, 1.165) is 0 Å². The minimum absolute atomic E-state index is 0.571. The van der Waals surface area contributed by atoms with Gasteiger partial charge in [0.1, 0.15) is 0 Å². The van der Waals surface area contributed by atoms with Gasteiger partial charge in [-0.25, -0.2) is 0 Å². The predicted octanol–water partition coefficient (Wildman–Crippen LogP) is 5.04. The Hall–Kier alpha value is -1.12. The summed E-state index contributed by atoms with van der Waals surface area (Å²) in [6, 6.07) is 12.4. The molecule has 0 saturated heterocycles. The number of thiophene rings is 1. The van der Waals surface area contributed by atoms with Crippen LogP contribution >= 0.6 is 11.3 Å². The summed E-state index contributed by atoms with van der Waals surface area (Å²) in [6.07, 6.45) is 6.27. The Morgan fingerprint density at radius 2 is 2.24 bits per heavy atom. The normalized spacial score (nSPS) is 19.2. The molecule has 1 nitrogen and oxygen atoms in total. The summed E-state index contributed by atoms with van der Waals surface area (Å²) >= 11 is 1.93. The lowest BCUT2D eigenvalue weighted by molar-refractivity contribution is 0.398. The van der Waals surface area contributed by atoms with Crippen molar-refractivity contribution in [2.45, 2.75) is 58.0 Å². The van der Waals surface area contributed by atoms with Gasteiger partial charge in [-0.05, 0) is 68.5 Å². The molecule has 1 aliphatic carbocycles. The largest absolute Gasteiger partial charge is 0.307 e. The van der Waals surface area contributed by atoms with Crippen LogP contribution in [0.2, 0.25) is 0 Å². The maximum atomic E-state index is 3.85. The standard InChI is InChI=1S/C19H25NS/c1-14-5-3-6-16(13-14)10-9-15(2)20-18-7-4-8-19-17(18)11-12-21-19/h3,5-6,11-13,15,18,20H,4,7-10H2,1-2H3. The van der Waals surface area contributed by atoms with Crippen molar-refractivity contribution in [2.24, 2.45) is 0 Å². The molecule has 0 bridgehead atoms. The average Bonchev–Trinajstić information content (AvgIpc) is 2.95. The van der Waals surface area contributed by atoms with E-state index in [9.17, 15) is 0 Å². The van der Waals surface area contributed by atoms with Gasteiger partial charge in [0.05, 0.1) is 0 Å². The Morgan fingerprint density at radius 1 is 1.33 bits per heavy atom. The average molecular weight is 299 g/mol. The highest BCUT2D eigenvalue weighted by Gasteiger charge is 2.22. The monoisotopic (exact) mass is 299 g/mol. The Balaban J connectivity index is 1.54. The van der Waals surface area contributed by atoms with Crippen molar-refractivity contribution >= 4 is 11.3 Å². The van der Waals surface area contributed by atoms with Gasteiger partial charge in [0.2, 0.25) is 0 Å². The molecule has 2 aromatic rings. The second-order valence-electron chi connectivity index (χ2n) is 6.34. The molecular formula is C19H25NS. The lowest BCUT2D eigenvalue weighted by Crippen LogP contribution is -2.32. The summed E-state index contributed by atoms with van der Waals surface area (Å²) in [7, 11) is 0. The molecule has 0 aliphatic heterocycles. The fourth-order valence-corrected chi connectivity index (χ4v) is 4.32. The summed E-state index contributed by atoms with van der Waals surface area (Å²) in [4.78, 5) is 1.60. The van der Waals surface area contributed by atoms with Gasteiger partial charge in [-0.15, -0.1) is 11.3 Å². The first kappa shape index (κ1) is 14.8. The van der Waals surface area contributed by atoms with E-state index in [0.29, 0.717) is 12.1 Å². The van der Waals surface area contributed by atoms with Crippen molar-refractivity contribution in [2.75, 3.05) is 0 Å². The Kier molecular flexibility index (Phi) is 4.77. The molecule has 0 radical (unpaired) electrons. The highest BCUT2D eigenvalue weighted by atomic mass is 32.1. The summed E-state index contributed by atoms with van der Waals surface area (Å²) in [5, 5.41) is 6.10. The molecule has 0 saturated carbocycles. The van der Waals surface area contributed by atoms with E-state index >= 15 is 0 Å². The van der Waals surface area contributed by atoms with Crippen LogP contribution in [0, 0.1) is 6.92 Å². The zero-order valence-electron chi connectivity index (χ0n) is 13.1. The minimum Gasteiger partial charge on any atom is -0.307 e. The number of hydrogen-bond acceptors (Lipinski definition) is 2. The van der Waals surface area contributed by atoms with Crippen molar-refractivity contribution in [1.29, 1.82) is 0 Å². The van der Waals surface area contributed by atoms with Crippen LogP contribution in [0.1, 0.15) is 53.8 Å². The van der Waals surface area contributed by atoms with Crippen LogP contribution in [0.25, 0.3) is 0 Å². The van der Waals surface area contributed by atoms with Crippen molar-refractivity contribution in [3.05, 3.63) is 57.3 Å². The third-order valence-corrected chi connectivity index (χ3v) is 5.48. The first-order chi connectivity index (χ1) is 10.2. The van der Waals surface area contributed by atoms with Crippen LogP contribution in [0.15, 0.2) is 35.7 Å². The molecule has 0 fully saturated rings. The van der Waals surface area contributed by atoms with Gasteiger partial charge in [0.15, 0.2) is 0 Å². The first-order valence-electron chi connectivity index (χ1n) is 8.10. The van der Waals surface area contributed by atoms with Gasteiger partial charge in [-0.1, -0.05) is 29.8 Å². The second-order valence-corrected chi connectivity index (χ2v) is 7.34. The molecule has 1 N–H and O–H groups in total. The molecule has 2 heteroatoms. The van der Waals surface area contributed by atoms with E-state index in [1.54, 1.807) is 10.4 Å². The quantitative estimate of drug-likeness (QED) is 0.815. The van der Waals surface area contributed by atoms with Crippen molar-refractivity contribution in [3.8, 4) is 0 Å². The van der Waals surface area contributed by atoms with Crippen molar-refractivity contribution < 1.29 is 0 Å². The van der Waals surface area contributed by atoms with E-state index in [-0.39, 0.29) is 0 Å². The number of benzene rings is 1. The van der Waals surface area contributed by atoms with E-state index in [2.05, 4.69) is 54.9 Å². The summed E-state index contributed by atoms with van der Waals surface area (Å²) < 4.78 is 0. The van der Waals surface area contributed by atoms with E-state index in [4.69, 9.17) is 0 Å². The fourth-order valence-electron chi connectivity index (χ4n) is 3.34. The van der Waals surface area contributed by atoms with E-state index in [1.165, 1.54) is 43.2 Å². The molecule has 21 heavy (non-hydrogen) atoms. The molecule has 1 aromatic heterocycles. The summed E-state index contributed by atoms with van der Waals surface area (Å²) in [5.74, 6) is 0. The van der Waals surface area contributed by atoms with Gasteiger partial charge in [0.25, 0.3) is 0 Å². The maximum Gasteiger partial charge on any atom is 0.0333 e. The summed E-state index contributed by atoms with van der Waals surface area (Å²) in [5.41, 5.74) is 4.39. The highest BCUT2D eigenvalue weighted by molar-refractivity contribution is 7.10. The van der Waals surface area contributed by atoms with Gasteiger partial charge < -0.3 is 5.32 Å². The number of rotatable bonds is 5. The summed E-state index contributed by atoms with van der Waals surface area (Å²) in [6.45, 7) is 4.50. The molecule has 1 aromatic carbocycles. The molecule has 112 valence electrons. The Morgan fingerprint density at radius 3 is 3.10 bits per heavy atom. The van der Waals surface area contributed by atoms with Gasteiger partial charge in [-0.2, -0.15) is 0 Å². The van der Waals surface area contributed by atoms with Gasteiger partial charge >= 0.3 is 0 Å². The Bertz CT molecular complexity index is 587. The van der Waals surface area contributed by atoms with Gasteiger partial charge in [-0.3, -0.25) is 0 Å². The fraction of sp³-hybridized carbons (Fsp3) is 0.474. The third-order valence-electron chi connectivity index (χ3n) is 4.49. The van der Waals surface area contributed by atoms with Crippen LogP contribution < -0.4 is 5.32 Å². The van der Waals surface area contributed by atoms with Crippen LogP contribution in [0.4, 0.5) is 0 Å². The number of fused-ring (bicyclic) bond motifs is 1. The van der Waals surface area contributed by atoms with Crippen molar-refractivity contribution in [1.82, 2.24) is 5.32 Å². The predicted molar refractivity (Wildman–Crippen MR) is 92.1 cm³/mol. The molecule has 0 amide bonds. The molecule has 3 rings (SSSR count). The maximum absolute atomic E-state index is 3.85. The van der Waals surface area contributed by atoms with Crippen LogP contribution in [-0.4, -0.2) is 6.04 Å². The molecule has 2 unspecified atom stereocenters. The van der Waals surface area contributed by atoms with Crippen molar-refractivity contribution in [3.63, 3.8) is 0 Å². The second kappa shape index (κ2) is 6.76. The lowest BCUT2D eigenvalue weighted by Gasteiger charge is -2.27. The zero-order valence-corrected chi connectivity index (χ0v) is 13.9. The number of aryl methyl sites for hydroxylation is 3. The van der Waals surface area contributed by atoms with Crippen LogP contribution in [0.5, 0.6) is 0 Å². The molecule has 0 spiro atoms. The third kappa shape index (κ3) is 3.75. The van der Waals surface area contributed by atoms with E-state index in [1.807, 2.05) is 11.3 Å². The van der Waals surface area contributed by atoms with E-state index < -0.39 is 0 Å². The highest BCUT2D eigenvalue weighted by Crippen LogP contribution is 2.33. The van der Waals surface area contributed by atoms with Gasteiger partial charge in [0, 0.05) is 17.0 Å². The molecule has 2 atom stereocenters. The lowest BCUT2D eigenvalue weighted by atomic mass is 9.93. The molecule has 1 heterocycles. The zero-order chi connectivity index (χ0) is 14.7.